The summed E-state index contributed by atoms with van der Waals surface area (Å²) in [5.74, 6) is 0.0182. The zero-order chi connectivity index (χ0) is 18.7. The number of hydrogen-bond donors (Lipinski definition) is 0. The van der Waals surface area contributed by atoms with Crippen molar-refractivity contribution in [3.8, 4) is 0 Å². The molecule has 0 fully saturated rings. The number of fused-ring (bicyclic) bond motifs is 1. The van der Waals surface area contributed by atoms with E-state index < -0.39 is 9.84 Å². The van der Waals surface area contributed by atoms with E-state index in [0.29, 0.717) is 6.54 Å². The van der Waals surface area contributed by atoms with Crippen molar-refractivity contribution in [3.05, 3.63) is 81.6 Å². The molecule has 0 bridgehead atoms. The van der Waals surface area contributed by atoms with Crippen LogP contribution in [0.15, 0.2) is 59.4 Å². The highest BCUT2D eigenvalue weighted by atomic mass is 32.2. The zero-order valence-corrected chi connectivity index (χ0v) is 15.9. The molecule has 0 saturated heterocycles. The Kier molecular flexibility index (Phi) is 5.28. The molecule has 0 N–H and O–H groups in total. The van der Waals surface area contributed by atoms with Crippen LogP contribution in [-0.4, -0.2) is 13.0 Å². The van der Waals surface area contributed by atoms with E-state index in [2.05, 4.69) is 0 Å². The van der Waals surface area contributed by atoms with Crippen molar-refractivity contribution >= 4 is 20.7 Å². The molecular weight excluding hydrogens is 346 g/mol. The molecule has 5 heteroatoms. The molecule has 0 amide bonds. The predicted octanol–water partition coefficient (Wildman–Crippen LogP) is 3.83. The lowest BCUT2D eigenvalue weighted by molar-refractivity contribution is 0.594. The van der Waals surface area contributed by atoms with Gasteiger partial charge in [0.25, 0.3) is 5.56 Å². The molecule has 0 spiro atoms. The lowest BCUT2D eigenvalue weighted by atomic mass is 10.1. The normalized spacial score (nSPS) is 11.8. The third-order valence-corrected chi connectivity index (χ3v) is 5.94. The molecule has 0 radical (unpaired) electrons. The van der Waals surface area contributed by atoms with Crippen molar-refractivity contribution in [2.24, 2.45) is 0 Å². The van der Waals surface area contributed by atoms with Gasteiger partial charge in [0.15, 0.2) is 9.84 Å². The van der Waals surface area contributed by atoms with Crippen molar-refractivity contribution in [2.45, 2.75) is 38.3 Å². The zero-order valence-electron chi connectivity index (χ0n) is 15.1. The number of nitrogens with zero attached hydrogens (tertiary/aromatic N) is 1. The number of sulfone groups is 1. The third kappa shape index (κ3) is 4.22. The number of aromatic nitrogens is 1. The van der Waals surface area contributed by atoms with Gasteiger partial charge in [0.05, 0.1) is 17.0 Å². The quantitative estimate of drug-likeness (QED) is 0.663. The first kappa shape index (κ1) is 18.4. The van der Waals surface area contributed by atoms with Crippen molar-refractivity contribution in [2.75, 3.05) is 0 Å². The Labute approximate surface area is 154 Å². The van der Waals surface area contributed by atoms with Crippen LogP contribution in [0.1, 0.15) is 30.0 Å². The fraction of sp³-hybridized carbons (Fsp3) is 0.286. The van der Waals surface area contributed by atoms with Gasteiger partial charge in [-0.05, 0) is 48.1 Å². The van der Waals surface area contributed by atoms with Crippen molar-refractivity contribution in [1.82, 2.24) is 4.57 Å². The van der Waals surface area contributed by atoms with Gasteiger partial charge in [-0.3, -0.25) is 4.79 Å². The van der Waals surface area contributed by atoms with E-state index >= 15 is 0 Å². The van der Waals surface area contributed by atoms with Crippen LogP contribution in [-0.2, 0) is 27.9 Å². The second-order valence-corrected chi connectivity index (χ2v) is 8.80. The number of aryl methyl sites for hydroxylation is 2. The average molecular weight is 369 g/mol. The number of hydrogen-bond acceptors (Lipinski definition) is 3. The van der Waals surface area contributed by atoms with E-state index in [1.807, 2.05) is 50.2 Å². The molecule has 2 aromatic carbocycles. The van der Waals surface area contributed by atoms with Gasteiger partial charge in [-0.15, -0.1) is 0 Å². The smallest absolute Gasteiger partial charge is 0.251 e. The van der Waals surface area contributed by atoms with Crippen LogP contribution in [0.2, 0.25) is 0 Å². The van der Waals surface area contributed by atoms with Gasteiger partial charge in [-0.1, -0.05) is 42.8 Å². The second kappa shape index (κ2) is 7.46. The first-order chi connectivity index (χ1) is 12.4. The van der Waals surface area contributed by atoms with Crippen molar-refractivity contribution < 1.29 is 8.42 Å². The highest BCUT2D eigenvalue weighted by Crippen LogP contribution is 2.19. The average Bonchev–Trinajstić information content (AvgIpc) is 2.59. The lowest BCUT2D eigenvalue weighted by Gasteiger charge is -2.11. The minimum atomic E-state index is -3.27. The highest BCUT2D eigenvalue weighted by molar-refractivity contribution is 7.89. The summed E-state index contributed by atoms with van der Waals surface area (Å²) in [7, 11) is -3.27. The Hall–Kier alpha value is -2.40. The Balaban J connectivity index is 1.87. The van der Waals surface area contributed by atoms with Crippen molar-refractivity contribution in [1.29, 1.82) is 0 Å². The first-order valence-electron chi connectivity index (χ1n) is 8.76. The maximum absolute atomic E-state index is 12.6. The van der Waals surface area contributed by atoms with Gasteiger partial charge in [-0.25, -0.2) is 8.42 Å². The molecule has 3 rings (SSSR count). The summed E-state index contributed by atoms with van der Waals surface area (Å²) >= 11 is 0. The molecule has 1 aromatic heterocycles. The molecule has 0 atom stereocenters. The molecule has 0 aliphatic rings. The molecule has 0 saturated carbocycles. The van der Waals surface area contributed by atoms with Crippen LogP contribution >= 0.6 is 0 Å². The molecule has 0 aliphatic carbocycles. The van der Waals surface area contributed by atoms with Gasteiger partial charge in [0, 0.05) is 12.6 Å². The van der Waals surface area contributed by atoms with Gasteiger partial charge >= 0.3 is 0 Å². The maximum Gasteiger partial charge on any atom is 0.251 e. The maximum atomic E-state index is 12.6. The van der Waals surface area contributed by atoms with E-state index in [1.165, 1.54) is 0 Å². The van der Waals surface area contributed by atoms with Gasteiger partial charge in [0.2, 0.25) is 0 Å². The molecule has 0 unspecified atom stereocenters. The predicted molar refractivity (Wildman–Crippen MR) is 106 cm³/mol. The molecule has 136 valence electrons. The van der Waals surface area contributed by atoms with E-state index in [0.717, 1.165) is 34.0 Å². The molecule has 3 aromatic rings. The third-order valence-electron chi connectivity index (χ3n) is 4.40. The second-order valence-electron chi connectivity index (χ2n) is 6.73. The van der Waals surface area contributed by atoms with Crippen LogP contribution in [0.4, 0.5) is 0 Å². The van der Waals surface area contributed by atoms with Gasteiger partial charge < -0.3 is 4.57 Å². The van der Waals surface area contributed by atoms with Crippen LogP contribution in [0.3, 0.4) is 0 Å². The number of benzene rings is 2. The van der Waals surface area contributed by atoms with Crippen LogP contribution in [0.5, 0.6) is 0 Å². The molecule has 4 nitrogen and oxygen atoms in total. The SMILES string of the molecule is CCCn1c(=O)ccc2cc(CS(=O)(=O)Cc3ccc(C)cc3)ccc21. The summed E-state index contributed by atoms with van der Waals surface area (Å²) in [6, 6.07) is 16.4. The lowest BCUT2D eigenvalue weighted by Crippen LogP contribution is -2.19. The minimum absolute atomic E-state index is 0.0102. The standard InChI is InChI=1S/C21H23NO3S/c1-3-12-22-20-10-8-18(13-19(20)9-11-21(22)23)15-26(24,25)14-17-6-4-16(2)5-7-17/h4-11,13H,3,12,14-15H2,1-2H3. The van der Waals surface area contributed by atoms with E-state index in [4.69, 9.17) is 0 Å². The number of rotatable bonds is 6. The summed E-state index contributed by atoms with van der Waals surface area (Å²) in [6.07, 6.45) is 0.867. The van der Waals surface area contributed by atoms with Gasteiger partial charge in [-0.2, -0.15) is 0 Å². The van der Waals surface area contributed by atoms with Gasteiger partial charge in [0.1, 0.15) is 0 Å². The molecule has 1 heterocycles. The summed E-state index contributed by atoms with van der Waals surface area (Å²) in [5, 5.41) is 0.890. The molecule has 0 aliphatic heterocycles. The minimum Gasteiger partial charge on any atom is -0.308 e. The van der Waals surface area contributed by atoms with Crippen LogP contribution in [0, 0.1) is 6.92 Å². The Bertz CT molecular complexity index is 1080. The van der Waals surface area contributed by atoms with Crippen LogP contribution < -0.4 is 5.56 Å². The topological polar surface area (TPSA) is 56.1 Å². The van der Waals surface area contributed by atoms with E-state index in [-0.39, 0.29) is 17.1 Å². The fourth-order valence-electron chi connectivity index (χ4n) is 3.14. The fourth-order valence-corrected chi connectivity index (χ4v) is 4.63. The Morgan fingerprint density at radius 2 is 1.54 bits per heavy atom. The summed E-state index contributed by atoms with van der Waals surface area (Å²) in [4.78, 5) is 12.0. The van der Waals surface area contributed by atoms with E-state index in [9.17, 15) is 13.2 Å². The largest absolute Gasteiger partial charge is 0.308 e. The molecular formula is C21H23NO3S. The Morgan fingerprint density at radius 3 is 2.23 bits per heavy atom. The van der Waals surface area contributed by atoms with E-state index in [1.54, 1.807) is 22.8 Å². The number of pyridine rings is 1. The summed E-state index contributed by atoms with van der Waals surface area (Å²) in [5.41, 5.74) is 3.47. The first-order valence-corrected chi connectivity index (χ1v) is 10.6. The van der Waals surface area contributed by atoms with Crippen LogP contribution in [0.25, 0.3) is 10.9 Å². The summed E-state index contributed by atoms with van der Waals surface area (Å²) < 4.78 is 26.9. The van der Waals surface area contributed by atoms with Crippen molar-refractivity contribution in [3.63, 3.8) is 0 Å². The Morgan fingerprint density at radius 1 is 0.885 bits per heavy atom. The molecule has 26 heavy (non-hydrogen) atoms. The highest BCUT2D eigenvalue weighted by Gasteiger charge is 2.14. The monoisotopic (exact) mass is 369 g/mol. The summed E-state index contributed by atoms with van der Waals surface area (Å²) in [6.45, 7) is 4.66.